The Hall–Kier alpha value is -2.49. The zero-order valence-electron chi connectivity index (χ0n) is 15.0. The van der Waals surface area contributed by atoms with Crippen LogP contribution in [-0.4, -0.2) is 17.2 Å². The maximum absolute atomic E-state index is 11.7. The van der Waals surface area contributed by atoms with Crippen LogP contribution in [0.3, 0.4) is 0 Å². The van der Waals surface area contributed by atoms with Gasteiger partial charge in [0.15, 0.2) is 6.73 Å². The summed E-state index contributed by atoms with van der Waals surface area (Å²) in [5.41, 5.74) is 2.90. The number of fused-ring (bicyclic) bond motifs is 1. The molecular weight excluding hydrogens is 300 g/mol. The third-order valence-electron chi connectivity index (χ3n) is 3.57. The number of aromatic nitrogens is 1. The van der Waals surface area contributed by atoms with Crippen molar-refractivity contribution in [2.24, 2.45) is 0 Å². The number of para-hydroxylation sites is 1. The molecule has 130 valence electrons. The summed E-state index contributed by atoms with van der Waals surface area (Å²) in [6.07, 6.45) is 5.14. The van der Waals surface area contributed by atoms with E-state index in [4.69, 9.17) is 4.74 Å². The summed E-state index contributed by atoms with van der Waals surface area (Å²) in [4.78, 5) is 11.7. The van der Waals surface area contributed by atoms with Crippen molar-refractivity contribution in [3.05, 3.63) is 48.7 Å². The second kappa shape index (κ2) is 10.3. The van der Waals surface area contributed by atoms with E-state index in [0.29, 0.717) is 6.54 Å². The van der Waals surface area contributed by atoms with Gasteiger partial charge in [0.2, 0.25) is 0 Å². The summed E-state index contributed by atoms with van der Waals surface area (Å²) < 4.78 is 7.24. The van der Waals surface area contributed by atoms with E-state index in [-0.39, 0.29) is 6.73 Å². The van der Waals surface area contributed by atoms with Crippen LogP contribution in [0.25, 0.3) is 23.1 Å². The van der Waals surface area contributed by atoms with Gasteiger partial charge in [-0.1, -0.05) is 64.6 Å². The van der Waals surface area contributed by atoms with Gasteiger partial charge >= 0.3 is 6.09 Å². The molecule has 0 spiro atoms. The van der Waals surface area contributed by atoms with Crippen LogP contribution in [0.1, 0.15) is 44.9 Å². The molecule has 2 rings (SSSR count). The van der Waals surface area contributed by atoms with E-state index < -0.39 is 6.09 Å². The van der Waals surface area contributed by atoms with E-state index >= 15 is 0 Å². The highest BCUT2D eigenvalue weighted by Gasteiger charge is 2.13. The maximum Gasteiger partial charge on any atom is 0.408 e. The van der Waals surface area contributed by atoms with E-state index in [9.17, 15) is 4.79 Å². The SMILES string of the molecule is C=Cc1c(C=C)n(COC(=O)NCCCC)c2ccccc12.CC. The Morgan fingerprint density at radius 2 is 1.96 bits per heavy atom. The molecule has 1 aromatic carbocycles. The molecule has 0 unspecified atom stereocenters. The predicted molar refractivity (Wildman–Crippen MR) is 103 cm³/mol. The monoisotopic (exact) mass is 328 g/mol. The highest BCUT2D eigenvalue weighted by Crippen LogP contribution is 2.28. The minimum Gasteiger partial charge on any atom is -0.428 e. The summed E-state index contributed by atoms with van der Waals surface area (Å²) in [7, 11) is 0. The molecule has 2 aromatic rings. The van der Waals surface area contributed by atoms with Gasteiger partial charge in [-0.2, -0.15) is 0 Å². The molecule has 0 saturated heterocycles. The number of hydrogen-bond acceptors (Lipinski definition) is 2. The summed E-state index contributed by atoms with van der Waals surface area (Å²) in [6, 6.07) is 7.95. The normalized spacial score (nSPS) is 9.79. The molecule has 0 radical (unpaired) electrons. The Morgan fingerprint density at radius 1 is 1.25 bits per heavy atom. The molecule has 0 atom stereocenters. The third kappa shape index (κ3) is 4.51. The summed E-state index contributed by atoms with van der Waals surface area (Å²) in [6.45, 7) is 14.6. The van der Waals surface area contributed by atoms with E-state index in [1.165, 1.54) is 0 Å². The van der Waals surface area contributed by atoms with Gasteiger partial charge in [-0.25, -0.2) is 4.79 Å². The molecule has 0 saturated carbocycles. The van der Waals surface area contributed by atoms with Gasteiger partial charge in [0.05, 0.1) is 11.2 Å². The van der Waals surface area contributed by atoms with Crippen molar-refractivity contribution in [2.75, 3.05) is 6.54 Å². The van der Waals surface area contributed by atoms with E-state index in [2.05, 4.69) is 25.4 Å². The average molecular weight is 328 g/mol. The van der Waals surface area contributed by atoms with Crippen LogP contribution >= 0.6 is 0 Å². The van der Waals surface area contributed by atoms with Gasteiger partial charge in [-0.3, -0.25) is 0 Å². The summed E-state index contributed by atoms with van der Waals surface area (Å²) in [5.74, 6) is 0. The van der Waals surface area contributed by atoms with E-state index in [1.54, 1.807) is 12.2 Å². The number of rotatable bonds is 7. The van der Waals surface area contributed by atoms with Crippen molar-refractivity contribution in [3.63, 3.8) is 0 Å². The fraction of sp³-hybridized carbons (Fsp3) is 0.350. The first-order valence-corrected chi connectivity index (χ1v) is 8.49. The molecule has 4 nitrogen and oxygen atoms in total. The lowest BCUT2D eigenvalue weighted by Crippen LogP contribution is -2.26. The minimum absolute atomic E-state index is 0.146. The zero-order chi connectivity index (χ0) is 17.9. The largest absolute Gasteiger partial charge is 0.428 e. The second-order valence-corrected chi connectivity index (χ2v) is 4.99. The highest BCUT2D eigenvalue weighted by molar-refractivity contribution is 5.93. The first-order valence-electron chi connectivity index (χ1n) is 8.49. The van der Waals surface area contributed by atoms with E-state index in [1.807, 2.05) is 42.7 Å². The molecule has 1 aromatic heterocycles. The van der Waals surface area contributed by atoms with Crippen molar-refractivity contribution in [1.29, 1.82) is 0 Å². The fourth-order valence-electron chi connectivity index (χ4n) is 2.47. The van der Waals surface area contributed by atoms with Gasteiger partial charge < -0.3 is 14.6 Å². The van der Waals surface area contributed by atoms with Gasteiger partial charge in [0.25, 0.3) is 0 Å². The second-order valence-electron chi connectivity index (χ2n) is 4.99. The third-order valence-corrected chi connectivity index (χ3v) is 3.57. The number of hydrogen-bond donors (Lipinski definition) is 1. The number of carbonyl (C=O) groups is 1. The first-order chi connectivity index (χ1) is 11.7. The average Bonchev–Trinajstić information content (AvgIpc) is 2.94. The molecule has 1 amide bonds. The molecule has 0 aliphatic heterocycles. The van der Waals surface area contributed by atoms with Crippen LogP contribution in [-0.2, 0) is 11.5 Å². The number of nitrogens with one attached hydrogen (secondary N) is 1. The number of alkyl carbamates (subject to hydrolysis) is 1. The molecule has 0 fully saturated rings. The van der Waals surface area contributed by atoms with Crippen LogP contribution in [0.4, 0.5) is 4.79 Å². The van der Waals surface area contributed by atoms with Crippen LogP contribution < -0.4 is 5.32 Å². The predicted octanol–water partition coefficient (Wildman–Crippen LogP) is 5.44. The lowest BCUT2D eigenvalue weighted by molar-refractivity contribution is 0.115. The lowest BCUT2D eigenvalue weighted by atomic mass is 10.1. The molecular formula is C20H28N2O2. The van der Waals surface area contributed by atoms with Gasteiger partial charge in [-0.15, -0.1) is 0 Å². The van der Waals surface area contributed by atoms with Crippen molar-refractivity contribution < 1.29 is 9.53 Å². The van der Waals surface area contributed by atoms with Crippen molar-refractivity contribution in [1.82, 2.24) is 9.88 Å². The number of amides is 1. The van der Waals surface area contributed by atoms with Crippen molar-refractivity contribution in [3.8, 4) is 0 Å². The fourth-order valence-corrected chi connectivity index (χ4v) is 2.47. The quantitative estimate of drug-likeness (QED) is 0.688. The Kier molecular flexibility index (Phi) is 8.41. The van der Waals surface area contributed by atoms with E-state index in [0.717, 1.165) is 35.0 Å². The number of benzene rings is 1. The Morgan fingerprint density at radius 3 is 2.58 bits per heavy atom. The Bertz CT molecular complexity index is 686. The number of nitrogens with zero attached hydrogens (tertiary/aromatic N) is 1. The van der Waals surface area contributed by atoms with Gasteiger partial charge in [0, 0.05) is 17.5 Å². The van der Waals surface area contributed by atoms with Crippen LogP contribution in [0.5, 0.6) is 0 Å². The molecule has 0 aliphatic rings. The van der Waals surface area contributed by atoms with Crippen LogP contribution in [0.15, 0.2) is 37.4 Å². The maximum atomic E-state index is 11.7. The lowest BCUT2D eigenvalue weighted by Gasteiger charge is -2.10. The highest BCUT2D eigenvalue weighted by atomic mass is 16.6. The van der Waals surface area contributed by atoms with Crippen LogP contribution in [0, 0.1) is 0 Å². The standard InChI is InChI=1S/C18H22N2O2.C2H6/c1-4-7-12-19-18(21)22-13-20-16(6-3)14(5-2)15-10-8-9-11-17(15)20;1-2/h5-6,8-11H,2-4,7,12-13H2,1H3,(H,19,21);1-2H3. The summed E-state index contributed by atoms with van der Waals surface area (Å²) in [5, 5.41) is 3.81. The Labute approximate surface area is 144 Å². The zero-order valence-corrected chi connectivity index (χ0v) is 15.0. The molecule has 0 bridgehead atoms. The molecule has 24 heavy (non-hydrogen) atoms. The molecule has 1 heterocycles. The Balaban J connectivity index is 0.00000139. The topological polar surface area (TPSA) is 43.3 Å². The first kappa shape index (κ1) is 19.6. The van der Waals surface area contributed by atoms with Gasteiger partial charge in [0.1, 0.15) is 0 Å². The molecule has 4 heteroatoms. The summed E-state index contributed by atoms with van der Waals surface area (Å²) >= 11 is 0. The number of ether oxygens (including phenoxy) is 1. The smallest absolute Gasteiger partial charge is 0.408 e. The van der Waals surface area contributed by atoms with Crippen LogP contribution in [0.2, 0.25) is 0 Å². The molecule has 1 N–H and O–H groups in total. The number of unbranched alkanes of at least 4 members (excludes halogenated alkanes) is 1. The van der Waals surface area contributed by atoms with Crippen molar-refractivity contribution in [2.45, 2.75) is 40.3 Å². The van der Waals surface area contributed by atoms with Crippen molar-refractivity contribution >= 4 is 29.1 Å². The molecule has 0 aliphatic carbocycles. The number of carbonyl (C=O) groups excluding carboxylic acids is 1. The van der Waals surface area contributed by atoms with Gasteiger partial charge in [-0.05, 0) is 18.6 Å². The minimum atomic E-state index is -0.401.